The summed E-state index contributed by atoms with van der Waals surface area (Å²) in [4.78, 5) is 30.3. The number of rotatable bonds is 5. The minimum absolute atomic E-state index is 0.121. The Morgan fingerprint density at radius 1 is 1.11 bits per heavy atom. The van der Waals surface area contributed by atoms with Gasteiger partial charge >= 0.3 is 6.09 Å². The molecule has 3 aliphatic rings. The zero-order chi connectivity index (χ0) is 26.6. The first-order valence-corrected chi connectivity index (χ1v) is 12.5. The minimum atomic E-state index is -1.21. The molecule has 0 bridgehead atoms. The largest absolute Gasteiger partial charge is 0.497 e. The van der Waals surface area contributed by atoms with E-state index in [4.69, 9.17) is 14.2 Å². The topological polar surface area (TPSA) is 104 Å². The number of anilines is 1. The van der Waals surface area contributed by atoms with Crippen LogP contribution in [0, 0.1) is 16.7 Å². The highest BCUT2D eigenvalue weighted by molar-refractivity contribution is 6.09. The number of carbonyl (C=O) groups excluding carboxylic acids is 2. The summed E-state index contributed by atoms with van der Waals surface area (Å²) in [7, 11) is 1.58. The van der Waals surface area contributed by atoms with Crippen LogP contribution in [0.4, 0.5) is 10.5 Å². The average Bonchev–Trinajstić information content (AvgIpc) is 3.08. The fourth-order valence-electron chi connectivity index (χ4n) is 5.73. The number of methoxy groups -OCH3 is 1. The molecule has 1 N–H and O–H groups in total. The van der Waals surface area contributed by atoms with Crippen molar-refractivity contribution in [3.05, 3.63) is 53.1 Å². The maximum absolute atomic E-state index is 14.0. The lowest BCUT2D eigenvalue weighted by Gasteiger charge is -2.63. The van der Waals surface area contributed by atoms with Crippen LogP contribution >= 0.6 is 0 Å². The molecule has 2 aromatic rings. The lowest BCUT2D eigenvalue weighted by atomic mass is 9.68. The molecule has 9 heteroatoms. The van der Waals surface area contributed by atoms with Crippen molar-refractivity contribution in [2.24, 2.45) is 5.41 Å². The highest BCUT2D eigenvalue weighted by atomic mass is 16.6. The fraction of sp³-hybridized carbons (Fsp3) is 0.464. The smallest absolute Gasteiger partial charge is 0.410 e. The van der Waals surface area contributed by atoms with Gasteiger partial charge in [0.25, 0.3) is 5.91 Å². The molecule has 1 unspecified atom stereocenters. The van der Waals surface area contributed by atoms with Crippen molar-refractivity contribution < 1.29 is 23.8 Å². The highest BCUT2D eigenvalue weighted by Gasteiger charge is 2.64. The molecule has 2 amide bonds. The molecule has 2 aromatic carbocycles. The molecule has 3 heterocycles. The normalized spacial score (nSPS) is 21.8. The van der Waals surface area contributed by atoms with E-state index in [2.05, 4.69) is 16.3 Å². The van der Waals surface area contributed by atoms with Crippen LogP contribution < -0.4 is 14.8 Å². The van der Waals surface area contributed by atoms with E-state index in [9.17, 15) is 14.9 Å². The second kappa shape index (κ2) is 8.67. The Morgan fingerprint density at radius 2 is 1.84 bits per heavy atom. The van der Waals surface area contributed by atoms with Crippen molar-refractivity contribution in [2.75, 3.05) is 45.2 Å². The van der Waals surface area contributed by atoms with E-state index in [0.29, 0.717) is 66.7 Å². The molecule has 194 valence electrons. The number of likely N-dealkylation sites (tertiary alicyclic amines) is 2. The van der Waals surface area contributed by atoms with Gasteiger partial charge in [-0.1, -0.05) is 0 Å². The third kappa shape index (κ3) is 3.96. The third-order valence-corrected chi connectivity index (χ3v) is 7.22. The number of ether oxygens (including phenoxy) is 3. The van der Waals surface area contributed by atoms with E-state index < -0.39 is 11.1 Å². The van der Waals surface area contributed by atoms with Gasteiger partial charge in [0, 0.05) is 48.4 Å². The SMILES string of the molecule is CCOc1ccc(OC)cc1C1(N2CC3(CN(C(=O)OC(C)(C)C)C3)C2)C(=O)Nc2ccc(C#N)cc21. The summed E-state index contributed by atoms with van der Waals surface area (Å²) in [5, 5.41) is 12.7. The third-order valence-electron chi connectivity index (χ3n) is 7.22. The number of carbonyl (C=O) groups is 2. The number of hydrogen-bond donors (Lipinski definition) is 1. The standard InChI is InChI=1S/C28H32N4O5/c1-6-36-23-10-8-19(35-5)12-21(23)28(20-11-18(13-29)7-9-22(20)30-24(28)33)32-16-27(17-32)14-31(15-27)25(34)37-26(2,3)4/h7-12H,6,14-17H2,1-5H3,(H,30,33). The summed E-state index contributed by atoms with van der Waals surface area (Å²) in [5.41, 5.74) is 0.627. The number of nitriles is 1. The number of benzene rings is 2. The molecule has 1 atom stereocenters. The number of fused-ring (bicyclic) bond motifs is 1. The van der Waals surface area contributed by atoms with E-state index >= 15 is 0 Å². The molecule has 0 saturated carbocycles. The molecule has 37 heavy (non-hydrogen) atoms. The molecular weight excluding hydrogens is 472 g/mol. The number of amides is 2. The predicted octanol–water partition coefficient (Wildman–Crippen LogP) is 3.71. The first-order valence-electron chi connectivity index (χ1n) is 12.5. The van der Waals surface area contributed by atoms with Crippen molar-refractivity contribution in [2.45, 2.75) is 38.8 Å². The maximum Gasteiger partial charge on any atom is 0.410 e. The van der Waals surface area contributed by atoms with Crippen LogP contribution in [-0.4, -0.2) is 67.3 Å². The van der Waals surface area contributed by atoms with Crippen LogP contribution in [0.25, 0.3) is 0 Å². The summed E-state index contributed by atoms with van der Waals surface area (Å²) in [5.74, 6) is 0.981. The molecule has 0 radical (unpaired) electrons. The monoisotopic (exact) mass is 504 g/mol. The second-order valence-electron chi connectivity index (χ2n) is 11.0. The molecule has 9 nitrogen and oxygen atoms in total. The fourth-order valence-corrected chi connectivity index (χ4v) is 5.73. The van der Waals surface area contributed by atoms with Crippen LogP contribution in [0.15, 0.2) is 36.4 Å². The van der Waals surface area contributed by atoms with E-state index in [-0.39, 0.29) is 17.4 Å². The van der Waals surface area contributed by atoms with E-state index in [0.717, 1.165) is 0 Å². The van der Waals surface area contributed by atoms with Crippen molar-refractivity contribution >= 4 is 17.7 Å². The van der Waals surface area contributed by atoms with E-state index in [1.807, 2.05) is 45.9 Å². The zero-order valence-electron chi connectivity index (χ0n) is 21.9. The Balaban J connectivity index is 1.54. The first-order chi connectivity index (χ1) is 17.5. The summed E-state index contributed by atoms with van der Waals surface area (Å²) >= 11 is 0. The molecule has 2 fully saturated rings. The molecule has 0 aromatic heterocycles. The van der Waals surface area contributed by atoms with Crippen molar-refractivity contribution in [3.63, 3.8) is 0 Å². The van der Waals surface area contributed by atoms with Gasteiger partial charge in [0.05, 0.1) is 25.3 Å². The average molecular weight is 505 g/mol. The lowest BCUT2D eigenvalue weighted by molar-refractivity contribution is -0.157. The van der Waals surface area contributed by atoms with Crippen molar-refractivity contribution in [3.8, 4) is 17.6 Å². The van der Waals surface area contributed by atoms with Crippen molar-refractivity contribution in [1.82, 2.24) is 9.80 Å². The molecule has 2 saturated heterocycles. The Bertz CT molecular complexity index is 1300. The predicted molar refractivity (Wildman–Crippen MR) is 137 cm³/mol. The maximum atomic E-state index is 14.0. The van der Waals surface area contributed by atoms with Gasteiger partial charge < -0.3 is 24.4 Å². The van der Waals surface area contributed by atoms with Gasteiger partial charge in [-0.2, -0.15) is 5.26 Å². The van der Waals surface area contributed by atoms with Crippen LogP contribution in [0.2, 0.25) is 0 Å². The van der Waals surface area contributed by atoms with Gasteiger partial charge in [0.1, 0.15) is 17.1 Å². The first kappa shape index (κ1) is 24.9. The molecule has 0 aliphatic carbocycles. The summed E-state index contributed by atoms with van der Waals surface area (Å²) < 4.78 is 17.1. The zero-order valence-corrected chi connectivity index (χ0v) is 21.9. The van der Waals surface area contributed by atoms with E-state index in [1.165, 1.54) is 0 Å². The van der Waals surface area contributed by atoms with Gasteiger partial charge in [0.2, 0.25) is 0 Å². The Morgan fingerprint density at radius 3 is 2.46 bits per heavy atom. The summed E-state index contributed by atoms with van der Waals surface area (Å²) in [6.45, 7) is 10.2. The lowest BCUT2D eigenvalue weighted by Crippen LogP contribution is -2.76. The van der Waals surface area contributed by atoms with Crippen LogP contribution in [0.1, 0.15) is 44.4 Å². The van der Waals surface area contributed by atoms with Gasteiger partial charge in [0.15, 0.2) is 5.54 Å². The number of nitrogens with one attached hydrogen (secondary N) is 1. The highest BCUT2D eigenvalue weighted by Crippen LogP contribution is 2.55. The van der Waals surface area contributed by atoms with Gasteiger partial charge in [-0.15, -0.1) is 0 Å². The van der Waals surface area contributed by atoms with Gasteiger partial charge in [-0.3, -0.25) is 9.69 Å². The number of hydrogen-bond acceptors (Lipinski definition) is 7. The Kier molecular flexibility index (Phi) is 5.83. The summed E-state index contributed by atoms with van der Waals surface area (Å²) in [6, 6.07) is 12.9. The molecular formula is C28H32N4O5. The molecule has 3 aliphatic heterocycles. The number of nitrogens with zero attached hydrogens (tertiary/aromatic N) is 3. The van der Waals surface area contributed by atoms with Crippen LogP contribution in [0.3, 0.4) is 0 Å². The van der Waals surface area contributed by atoms with Crippen molar-refractivity contribution in [1.29, 1.82) is 5.26 Å². The van der Waals surface area contributed by atoms with Gasteiger partial charge in [-0.05, 0) is 64.1 Å². The molecule has 5 rings (SSSR count). The van der Waals surface area contributed by atoms with Crippen LogP contribution in [0.5, 0.6) is 11.5 Å². The molecule has 1 spiro atoms. The Labute approximate surface area is 216 Å². The van der Waals surface area contributed by atoms with Gasteiger partial charge in [-0.25, -0.2) is 4.79 Å². The quantitative estimate of drug-likeness (QED) is 0.662. The van der Waals surface area contributed by atoms with Crippen LogP contribution in [-0.2, 0) is 15.1 Å². The minimum Gasteiger partial charge on any atom is -0.497 e. The summed E-state index contributed by atoms with van der Waals surface area (Å²) in [6.07, 6.45) is -0.319. The second-order valence-corrected chi connectivity index (χ2v) is 11.0. The Hall–Kier alpha value is -3.77. The van der Waals surface area contributed by atoms with E-state index in [1.54, 1.807) is 30.2 Å².